The van der Waals surface area contributed by atoms with Gasteiger partial charge in [-0.1, -0.05) is 30.4 Å². The number of ketones is 2. The van der Waals surface area contributed by atoms with E-state index in [-0.39, 0.29) is 35.6 Å². The second kappa shape index (κ2) is 9.73. The number of aromatic hydroxyl groups is 2. The third kappa shape index (κ3) is 6.35. The van der Waals surface area contributed by atoms with Gasteiger partial charge in [0.15, 0.2) is 23.1 Å². The Balaban J connectivity index is 1.55. The fourth-order valence-corrected chi connectivity index (χ4v) is 3.17. The lowest BCUT2D eigenvalue weighted by molar-refractivity contribution is -0.121. The highest BCUT2D eigenvalue weighted by Crippen LogP contribution is 2.31. The van der Waals surface area contributed by atoms with Crippen LogP contribution in [0.5, 0.6) is 17.2 Å². The Morgan fingerprint density at radius 3 is 2.14 bits per heavy atom. The third-order valence-corrected chi connectivity index (χ3v) is 4.74. The Morgan fingerprint density at radius 2 is 1.48 bits per heavy atom. The first-order valence-electron chi connectivity index (χ1n) is 9.70. The van der Waals surface area contributed by atoms with Crippen LogP contribution in [0.25, 0.3) is 12.2 Å². The quantitative estimate of drug-likeness (QED) is 0.504. The molecule has 3 rings (SSSR count). The zero-order chi connectivity index (χ0) is 20.6. The van der Waals surface area contributed by atoms with Gasteiger partial charge in [0.25, 0.3) is 0 Å². The number of carbonyl (C=O) groups excluding carboxylic acids is 2. The van der Waals surface area contributed by atoms with Crippen LogP contribution in [0.2, 0.25) is 0 Å². The molecule has 2 aromatic carbocycles. The maximum atomic E-state index is 12.1. The first-order valence-corrected chi connectivity index (χ1v) is 9.70. The molecule has 0 spiro atoms. The Morgan fingerprint density at radius 1 is 0.897 bits per heavy atom. The first-order chi connectivity index (χ1) is 14.0. The molecular weight excluding hydrogens is 368 g/mol. The number of phenolic OH excluding ortho intramolecular Hbond substituents is 2. The van der Waals surface area contributed by atoms with Gasteiger partial charge < -0.3 is 14.9 Å². The largest absolute Gasteiger partial charge is 0.508 e. The molecule has 0 bridgehead atoms. The molecule has 1 saturated carbocycles. The van der Waals surface area contributed by atoms with Crippen LogP contribution in [-0.2, 0) is 9.59 Å². The van der Waals surface area contributed by atoms with E-state index in [1.807, 2.05) is 0 Å². The zero-order valence-corrected chi connectivity index (χ0v) is 16.1. The number of rotatable bonds is 8. The summed E-state index contributed by atoms with van der Waals surface area (Å²) in [7, 11) is 0. The van der Waals surface area contributed by atoms with Gasteiger partial charge >= 0.3 is 0 Å². The van der Waals surface area contributed by atoms with Crippen molar-refractivity contribution in [3.05, 3.63) is 65.7 Å². The molecule has 0 atom stereocenters. The fraction of sp³-hybridized carbons (Fsp3) is 0.250. The van der Waals surface area contributed by atoms with E-state index in [1.165, 1.54) is 24.3 Å². The van der Waals surface area contributed by atoms with E-state index in [2.05, 4.69) is 0 Å². The van der Waals surface area contributed by atoms with E-state index >= 15 is 0 Å². The number of hydrogen-bond acceptors (Lipinski definition) is 5. The molecule has 0 saturated heterocycles. The van der Waals surface area contributed by atoms with Crippen molar-refractivity contribution in [2.75, 3.05) is 0 Å². The molecule has 29 heavy (non-hydrogen) atoms. The lowest BCUT2D eigenvalue weighted by atomic mass is 10.1. The Bertz CT molecular complexity index is 919. The van der Waals surface area contributed by atoms with Crippen molar-refractivity contribution in [2.45, 2.75) is 38.2 Å². The molecule has 1 aliphatic carbocycles. The summed E-state index contributed by atoms with van der Waals surface area (Å²) in [4.78, 5) is 24.0. The smallest absolute Gasteiger partial charge is 0.163 e. The number of ether oxygens (including phenoxy) is 1. The van der Waals surface area contributed by atoms with Crippen LogP contribution < -0.4 is 4.74 Å². The molecule has 2 aromatic rings. The topological polar surface area (TPSA) is 83.8 Å². The summed E-state index contributed by atoms with van der Waals surface area (Å²) >= 11 is 0. The predicted octanol–water partition coefficient (Wildman–Crippen LogP) is 4.67. The van der Waals surface area contributed by atoms with E-state index < -0.39 is 0 Å². The molecular formula is C24H24O5. The third-order valence-electron chi connectivity index (χ3n) is 4.74. The minimum absolute atomic E-state index is 0.0786. The van der Waals surface area contributed by atoms with Gasteiger partial charge in [-0.05, 0) is 73.2 Å². The van der Waals surface area contributed by atoms with E-state index in [0.29, 0.717) is 5.75 Å². The van der Waals surface area contributed by atoms with Crippen molar-refractivity contribution in [3.63, 3.8) is 0 Å². The normalized spacial score (nSPS) is 14.6. The summed E-state index contributed by atoms with van der Waals surface area (Å²) in [5.41, 5.74) is 1.48. The lowest BCUT2D eigenvalue weighted by Crippen LogP contribution is -2.10. The summed E-state index contributed by atoms with van der Waals surface area (Å²) in [6.45, 7) is 0. The number of hydrogen-bond donors (Lipinski definition) is 2. The molecule has 150 valence electrons. The summed E-state index contributed by atoms with van der Waals surface area (Å²) < 4.78 is 5.85. The summed E-state index contributed by atoms with van der Waals surface area (Å²) in [6.07, 6.45) is 10.1. The predicted molar refractivity (Wildman–Crippen MR) is 112 cm³/mol. The summed E-state index contributed by atoms with van der Waals surface area (Å²) in [5, 5.41) is 19.2. The molecule has 0 heterocycles. The maximum Gasteiger partial charge on any atom is 0.163 e. The van der Waals surface area contributed by atoms with Gasteiger partial charge in [0.2, 0.25) is 0 Å². The maximum absolute atomic E-state index is 12.1. The number of carbonyl (C=O) groups is 2. The molecule has 0 amide bonds. The first kappa shape index (κ1) is 20.4. The Hall–Kier alpha value is -3.34. The summed E-state index contributed by atoms with van der Waals surface area (Å²) in [5.74, 6) is 0.0366. The van der Waals surface area contributed by atoms with Crippen LogP contribution in [0.15, 0.2) is 54.6 Å². The highest BCUT2D eigenvalue weighted by molar-refractivity contribution is 6.10. The minimum Gasteiger partial charge on any atom is -0.508 e. The van der Waals surface area contributed by atoms with Crippen LogP contribution >= 0.6 is 0 Å². The molecule has 5 nitrogen and oxygen atoms in total. The van der Waals surface area contributed by atoms with Gasteiger partial charge in [-0.15, -0.1) is 0 Å². The Kier molecular flexibility index (Phi) is 6.85. The lowest BCUT2D eigenvalue weighted by Gasteiger charge is -2.14. The standard InChI is InChI=1S/C24H24O5/c25-19-10-5-17(6-11-19)7-12-20(26)16-21(27)13-8-18-9-14-23(28)24(15-18)29-22-3-1-2-4-22/h5-15,22,25,28H,1-4,16H2/b12-7+,13-8+. The van der Waals surface area contributed by atoms with Gasteiger partial charge in [-0.3, -0.25) is 9.59 Å². The fourth-order valence-electron chi connectivity index (χ4n) is 3.17. The number of benzene rings is 2. The van der Waals surface area contributed by atoms with Gasteiger partial charge in [-0.25, -0.2) is 0 Å². The molecule has 1 aliphatic rings. The van der Waals surface area contributed by atoms with E-state index in [1.54, 1.807) is 42.5 Å². The van der Waals surface area contributed by atoms with Gasteiger partial charge in [0.05, 0.1) is 12.5 Å². The van der Waals surface area contributed by atoms with Gasteiger partial charge in [0.1, 0.15) is 5.75 Å². The highest BCUT2D eigenvalue weighted by Gasteiger charge is 2.18. The van der Waals surface area contributed by atoms with Crippen LogP contribution in [-0.4, -0.2) is 27.9 Å². The SMILES string of the molecule is O=C(/C=C/c1ccc(O)cc1)CC(=O)/C=C/c1ccc(O)c(OC2CCCC2)c1. The average molecular weight is 392 g/mol. The molecule has 0 radical (unpaired) electrons. The average Bonchev–Trinajstić information content (AvgIpc) is 3.21. The molecule has 0 aliphatic heterocycles. The van der Waals surface area contributed by atoms with Crippen molar-refractivity contribution in [3.8, 4) is 17.2 Å². The number of allylic oxidation sites excluding steroid dienone is 2. The molecule has 5 heteroatoms. The molecule has 0 unspecified atom stereocenters. The second-order valence-electron chi connectivity index (χ2n) is 7.12. The van der Waals surface area contributed by atoms with Crippen molar-refractivity contribution < 1.29 is 24.5 Å². The zero-order valence-electron chi connectivity index (χ0n) is 16.1. The van der Waals surface area contributed by atoms with Crippen LogP contribution in [0.4, 0.5) is 0 Å². The van der Waals surface area contributed by atoms with Crippen molar-refractivity contribution in [1.29, 1.82) is 0 Å². The van der Waals surface area contributed by atoms with Crippen LogP contribution in [0.1, 0.15) is 43.2 Å². The van der Waals surface area contributed by atoms with Crippen LogP contribution in [0.3, 0.4) is 0 Å². The summed E-state index contributed by atoms with van der Waals surface area (Å²) in [6, 6.07) is 11.3. The van der Waals surface area contributed by atoms with E-state index in [4.69, 9.17) is 4.74 Å². The molecule has 2 N–H and O–H groups in total. The van der Waals surface area contributed by atoms with Gasteiger partial charge in [0, 0.05) is 0 Å². The van der Waals surface area contributed by atoms with Crippen molar-refractivity contribution >= 4 is 23.7 Å². The monoisotopic (exact) mass is 392 g/mol. The van der Waals surface area contributed by atoms with E-state index in [9.17, 15) is 19.8 Å². The number of phenols is 2. The highest BCUT2D eigenvalue weighted by atomic mass is 16.5. The van der Waals surface area contributed by atoms with E-state index in [0.717, 1.165) is 36.8 Å². The van der Waals surface area contributed by atoms with Crippen molar-refractivity contribution in [1.82, 2.24) is 0 Å². The van der Waals surface area contributed by atoms with Gasteiger partial charge in [-0.2, -0.15) is 0 Å². The minimum atomic E-state index is -0.309. The molecule has 1 fully saturated rings. The van der Waals surface area contributed by atoms with Crippen LogP contribution in [0, 0.1) is 0 Å². The Labute approximate surface area is 170 Å². The second-order valence-corrected chi connectivity index (χ2v) is 7.12. The molecule has 0 aromatic heterocycles. The van der Waals surface area contributed by atoms with Crippen molar-refractivity contribution in [2.24, 2.45) is 0 Å².